The zero-order valence-electron chi connectivity index (χ0n) is 10.7. The predicted octanol–water partition coefficient (Wildman–Crippen LogP) is -0.0405. The van der Waals surface area contributed by atoms with Gasteiger partial charge in [0.05, 0.1) is 17.6 Å². The molecule has 0 fully saturated rings. The summed E-state index contributed by atoms with van der Waals surface area (Å²) in [5.41, 5.74) is -0.216. The van der Waals surface area contributed by atoms with Crippen LogP contribution in [0.2, 0.25) is 0 Å². The Kier molecular flexibility index (Phi) is 5.84. The van der Waals surface area contributed by atoms with Crippen LogP contribution < -0.4 is 4.72 Å². The average Bonchev–Trinajstić information content (AvgIpc) is 2.43. The molecule has 0 aromatic heterocycles. The molecule has 0 saturated carbocycles. The van der Waals surface area contributed by atoms with E-state index in [1.54, 1.807) is 0 Å². The van der Waals surface area contributed by atoms with E-state index in [2.05, 4.69) is 20.7 Å². The third-order valence-corrected chi connectivity index (χ3v) is 4.83. The fraction of sp³-hybridized carbons (Fsp3) is 0.273. The van der Waals surface area contributed by atoms with Gasteiger partial charge in [-0.2, -0.15) is 0 Å². The number of sulfonamides is 1. The summed E-state index contributed by atoms with van der Waals surface area (Å²) in [5, 5.41) is 18.2. The van der Waals surface area contributed by atoms with Gasteiger partial charge in [-0.05, 0) is 34.1 Å². The highest BCUT2D eigenvalue weighted by atomic mass is 79.9. The third-order valence-electron chi connectivity index (χ3n) is 2.41. The fourth-order valence-corrected chi connectivity index (χ4v) is 3.35. The number of carbonyl (C=O) groups excluding carboxylic acids is 1. The first kappa shape index (κ1) is 17.6. The van der Waals surface area contributed by atoms with Crippen LogP contribution in [0.4, 0.5) is 0 Å². The molecule has 0 aliphatic rings. The number of aliphatic hydroxyl groups excluding tert-OH is 1. The van der Waals surface area contributed by atoms with E-state index in [0.717, 1.165) is 13.2 Å². The van der Waals surface area contributed by atoms with Gasteiger partial charge in [-0.1, -0.05) is 0 Å². The van der Waals surface area contributed by atoms with Crippen LogP contribution in [0.5, 0.6) is 0 Å². The monoisotopic (exact) mass is 381 g/mol. The van der Waals surface area contributed by atoms with E-state index in [-0.39, 0.29) is 14.9 Å². The molecule has 1 aromatic carbocycles. The number of rotatable bonds is 6. The summed E-state index contributed by atoms with van der Waals surface area (Å²) in [6.07, 6.45) is -1.66. The maximum absolute atomic E-state index is 12.0. The summed E-state index contributed by atoms with van der Waals surface area (Å²) in [4.78, 5) is 21.5. The van der Waals surface area contributed by atoms with E-state index in [0.29, 0.717) is 0 Å². The van der Waals surface area contributed by atoms with Crippen molar-refractivity contribution in [3.8, 4) is 0 Å². The topological polar surface area (TPSA) is 130 Å². The van der Waals surface area contributed by atoms with Crippen LogP contribution >= 0.6 is 15.9 Å². The second kappa shape index (κ2) is 6.98. The van der Waals surface area contributed by atoms with Gasteiger partial charge in [0.25, 0.3) is 0 Å². The molecule has 8 nitrogen and oxygen atoms in total. The molecule has 1 unspecified atom stereocenters. The lowest BCUT2D eigenvalue weighted by Crippen LogP contribution is -2.37. The Hall–Kier alpha value is -1.49. The quantitative estimate of drug-likeness (QED) is 0.589. The largest absolute Gasteiger partial charge is 0.478 e. The number of halogens is 1. The number of carbonyl (C=O) groups is 2. The van der Waals surface area contributed by atoms with Crippen molar-refractivity contribution < 1.29 is 33.0 Å². The maximum Gasteiger partial charge on any atom is 0.336 e. The first-order chi connectivity index (χ1) is 9.69. The van der Waals surface area contributed by atoms with Crippen molar-refractivity contribution in [2.24, 2.45) is 0 Å². The van der Waals surface area contributed by atoms with Gasteiger partial charge in [-0.25, -0.2) is 22.7 Å². The number of carboxylic acids is 1. The number of ether oxygens (including phenoxy) is 1. The van der Waals surface area contributed by atoms with E-state index >= 15 is 0 Å². The lowest BCUT2D eigenvalue weighted by molar-refractivity contribution is -0.149. The van der Waals surface area contributed by atoms with Crippen molar-refractivity contribution in [2.45, 2.75) is 11.0 Å². The van der Waals surface area contributed by atoms with Crippen LogP contribution in [0.15, 0.2) is 27.6 Å². The Balaban J connectivity index is 3.00. The lowest BCUT2D eigenvalue weighted by Gasteiger charge is -2.12. The normalized spacial score (nSPS) is 12.7. The molecule has 0 saturated heterocycles. The van der Waals surface area contributed by atoms with Crippen LogP contribution in [0, 0.1) is 0 Å². The minimum Gasteiger partial charge on any atom is -0.478 e. The van der Waals surface area contributed by atoms with Crippen molar-refractivity contribution >= 4 is 37.9 Å². The summed E-state index contributed by atoms with van der Waals surface area (Å²) in [7, 11) is -3.06. The molecule has 0 radical (unpaired) electrons. The third kappa shape index (κ3) is 4.49. The molecule has 0 aliphatic heterocycles. The van der Waals surface area contributed by atoms with Crippen LogP contribution in [0.25, 0.3) is 0 Å². The highest BCUT2D eigenvalue weighted by Crippen LogP contribution is 2.23. The second-order valence-electron chi connectivity index (χ2n) is 3.84. The maximum atomic E-state index is 12.0. The Morgan fingerprint density at radius 2 is 2.05 bits per heavy atom. The van der Waals surface area contributed by atoms with E-state index in [4.69, 9.17) is 5.11 Å². The Morgan fingerprint density at radius 1 is 1.43 bits per heavy atom. The van der Waals surface area contributed by atoms with Crippen molar-refractivity contribution in [1.82, 2.24) is 4.72 Å². The van der Waals surface area contributed by atoms with E-state index in [9.17, 15) is 23.1 Å². The van der Waals surface area contributed by atoms with Gasteiger partial charge in [0.2, 0.25) is 10.0 Å². The number of nitrogens with one attached hydrogen (secondary N) is 1. The van der Waals surface area contributed by atoms with Crippen LogP contribution in [-0.2, 0) is 19.6 Å². The molecule has 1 rings (SSSR count). The summed E-state index contributed by atoms with van der Waals surface area (Å²) in [6.45, 7) is -0.598. The Labute approximate surface area is 128 Å². The van der Waals surface area contributed by atoms with Crippen LogP contribution in [-0.4, -0.2) is 50.3 Å². The lowest BCUT2D eigenvalue weighted by atomic mass is 10.2. The van der Waals surface area contributed by atoms with Gasteiger partial charge in [0.15, 0.2) is 6.10 Å². The van der Waals surface area contributed by atoms with E-state index in [1.165, 1.54) is 12.1 Å². The molecule has 0 spiro atoms. The van der Waals surface area contributed by atoms with Crippen LogP contribution in [0.3, 0.4) is 0 Å². The molecule has 0 heterocycles. The zero-order chi connectivity index (χ0) is 16.2. The molecule has 0 aliphatic carbocycles. The first-order valence-corrected chi connectivity index (χ1v) is 7.75. The van der Waals surface area contributed by atoms with E-state index < -0.39 is 34.6 Å². The highest BCUT2D eigenvalue weighted by molar-refractivity contribution is 9.10. The van der Waals surface area contributed by atoms with Crippen molar-refractivity contribution in [2.75, 3.05) is 13.7 Å². The van der Waals surface area contributed by atoms with Gasteiger partial charge >= 0.3 is 11.9 Å². The summed E-state index contributed by atoms with van der Waals surface area (Å²) in [5.74, 6) is -2.27. The SMILES string of the molecule is COC(=O)C(O)CNS(=O)(=O)c1cc(C(=O)O)ccc1Br. The zero-order valence-corrected chi connectivity index (χ0v) is 13.1. The number of aliphatic hydroxyl groups is 1. The number of benzene rings is 1. The molecule has 1 aromatic rings. The number of methoxy groups -OCH3 is 1. The number of aromatic carboxylic acids is 1. The molecular weight excluding hydrogens is 370 g/mol. The average molecular weight is 382 g/mol. The fourth-order valence-electron chi connectivity index (χ4n) is 1.33. The van der Waals surface area contributed by atoms with Gasteiger partial charge < -0.3 is 14.9 Å². The number of hydrogen-bond acceptors (Lipinski definition) is 6. The molecule has 0 amide bonds. The van der Waals surface area contributed by atoms with Gasteiger partial charge in [-0.15, -0.1) is 0 Å². The molecule has 10 heteroatoms. The Morgan fingerprint density at radius 3 is 2.57 bits per heavy atom. The number of hydrogen-bond donors (Lipinski definition) is 3. The molecule has 0 bridgehead atoms. The number of carboxylic acid groups (broad SMARTS) is 1. The van der Waals surface area contributed by atoms with Gasteiger partial charge in [0.1, 0.15) is 0 Å². The number of esters is 1. The van der Waals surface area contributed by atoms with Crippen molar-refractivity contribution in [3.63, 3.8) is 0 Å². The molecule has 1 atom stereocenters. The summed E-state index contributed by atoms with van der Waals surface area (Å²) < 4.78 is 30.5. The smallest absolute Gasteiger partial charge is 0.336 e. The van der Waals surface area contributed by atoms with Crippen molar-refractivity contribution in [1.29, 1.82) is 0 Å². The molecular formula is C11H12BrNO7S. The molecule has 116 valence electrons. The van der Waals surface area contributed by atoms with Gasteiger partial charge in [-0.3, -0.25) is 0 Å². The molecule has 3 N–H and O–H groups in total. The Bertz CT molecular complexity index is 659. The summed E-state index contributed by atoms with van der Waals surface area (Å²) >= 11 is 3.00. The van der Waals surface area contributed by atoms with Gasteiger partial charge in [0, 0.05) is 11.0 Å². The van der Waals surface area contributed by atoms with Crippen molar-refractivity contribution in [3.05, 3.63) is 28.2 Å². The van der Waals surface area contributed by atoms with E-state index in [1.807, 2.05) is 4.72 Å². The standard InChI is InChI=1S/C11H12BrNO7S/c1-20-11(17)8(14)5-13-21(18,19)9-4-6(10(15)16)2-3-7(9)12/h2-4,8,13-14H,5H2,1H3,(H,15,16). The van der Waals surface area contributed by atoms with Crippen LogP contribution in [0.1, 0.15) is 10.4 Å². The first-order valence-electron chi connectivity index (χ1n) is 5.47. The predicted molar refractivity (Wildman–Crippen MR) is 74.3 cm³/mol. The molecule has 21 heavy (non-hydrogen) atoms. The highest BCUT2D eigenvalue weighted by Gasteiger charge is 2.23. The minimum absolute atomic E-state index is 0.146. The summed E-state index contributed by atoms with van der Waals surface area (Å²) in [6, 6.07) is 3.46. The second-order valence-corrected chi connectivity index (χ2v) is 6.43. The minimum atomic E-state index is -4.11.